The largest absolute Gasteiger partial charge is 0.439 e. The van der Waals surface area contributed by atoms with Gasteiger partial charge in [0.2, 0.25) is 11.8 Å². The van der Waals surface area contributed by atoms with E-state index in [1.165, 1.54) is 24.3 Å². The highest BCUT2D eigenvalue weighted by molar-refractivity contribution is 7.13. The number of nitrogens with zero attached hydrogens (tertiary/aromatic N) is 4. The van der Waals surface area contributed by atoms with E-state index in [1.807, 2.05) is 17.5 Å². The quantitative estimate of drug-likeness (QED) is 0.537. The van der Waals surface area contributed by atoms with Gasteiger partial charge in [-0.2, -0.15) is 10.1 Å². The molecule has 4 rings (SSSR count). The Bertz CT molecular complexity index is 987. The zero-order valence-electron chi connectivity index (χ0n) is 13.4. The summed E-state index contributed by atoms with van der Waals surface area (Å²) in [5, 5.41) is 12.1. The molecule has 0 atom stereocenters. The third kappa shape index (κ3) is 3.83. The zero-order valence-corrected chi connectivity index (χ0v) is 14.2. The van der Waals surface area contributed by atoms with E-state index >= 15 is 0 Å². The zero-order chi connectivity index (χ0) is 17.8. The lowest BCUT2D eigenvalue weighted by Gasteiger charge is -2.06. The number of rotatable bonds is 6. The molecule has 0 saturated heterocycles. The van der Waals surface area contributed by atoms with Crippen LogP contribution in [0.1, 0.15) is 5.82 Å². The number of aromatic nitrogens is 5. The van der Waals surface area contributed by atoms with Crippen molar-refractivity contribution in [2.45, 2.75) is 6.54 Å². The molecule has 0 aliphatic rings. The fraction of sp³-hybridized carbons (Fsp3) is 0.0588. The van der Waals surface area contributed by atoms with Crippen molar-refractivity contribution in [1.82, 2.24) is 25.1 Å². The van der Waals surface area contributed by atoms with Crippen molar-refractivity contribution in [1.29, 1.82) is 0 Å². The van der Waals surface area contributed by atoms with Crippen molar-refractivity contribution in [3.05, 3.63) is 65.7 Å². The van der Waals surface area contributed by atoms with E-state index in [1.54, 1.807) is 23.6 Å². The molecule has 9 heteroatoms. The van der Waals surface area contributed by atoms with Gasteiger partial charge in [0.05, 0.1) is 11.4 Å². The molecule has 130 valence electrons. The Labute approximate surface area is 151 Å². The molecule has 0 aliphatic carbocycles. The number of H-pyrrole nitrogens is 1. The number of aromatic amines is 1. The summed E-state index contributed by atoms with van der Waals surface area (Å²) in [5.74, 6) is 2.24. The van der Waals surface area contributed by atoms with Gasteiger partial charge in [-0.3, -0.25) is 5.10 Å². The van der Waals surface area contributed by atoms with Crippen LogP contribution in [0.2, 0.25) is 0 Å². The summed E-state index contributed by atoms with van der Waals surface area (Å²) in [4.78, 5) is 13.8. The van der Waals surface area contributed by atoms with E-state index in [2.05, 4.69) is 30.5 Å². The molecule has 0 fully saturated rings. The summed E-state index contributed by atoms with van der Waals surface area (Å²) in [6, 6.07) is 11.3. The second-order valence-corrected chi connectivity index (χ2v) is 6.16. The number of nitrogens with one attached hydrogen (secondary N) is 2. The predicted molar refractivity (Wildman–Crippen MR) is 95.5 cm³/mol. The normalized spacial score (nSPS) is 10.7. The van der Waals surface area contributed by atoms with Crippen molar-refractivity contribution in [2.24, 2.45) is 0 Å². The second-order valence-electron chi connectivity index (χ2n) is 5.21. The SMILES string of the molecule is Fc1ccc(Oc2ccnc(NCc3nc(-c4cccs4)n[nH]3)n2)cc1. The van der Waals surface area contributed by atoms with Crippen LogP contribution in [-0.4, -0.2) is 25.1 Å². The van der Waals surface area contributed by atoms with E-state index in [-0.39, 0.29) is 5.82 Å². The highest BCUT2D eigenvalue weighted by atomic mass is 32.1. The highest BCUT2D eigenvalue weighted by Crippen LogP contribution is 2.21. The maximum Gasteiger partial charge on any atom is 0.226 e. The van der Waals surface area contributed by atoms with E-state index in [0.717, 1.165) is 4.88 Å². The number of ether oxygens (including phenoxy) is 1. The number of thiophene rings is 1. The average molecular weight is 368 g/mol. The number of hydrogen-bond acceptors (Lipinski definition) is 7. The minimum absolute atomic E-state index is 0.323. The van der Waals surface area contributed by atoms with Gasteiger partial charge in [-0.05, 0) is 35.7 Å². The van der Waals surface area contributed by atoms with Crippen LogP contribution in [-0.2, 0) is 6.54 Å². The van der Waals surface area contributed by atoms with Gasteiger partial charge >= 0.3 is 0 Å². The molecular formula is C17H13FN6OS. The first kappa shape index (κ1) is 16.2. The molecule has 0 saturated carbocycles. The van der Waals surface area contributed by atoms with Gasteiger partial charge in [-0.15, -0.1) is 11.3 Å². The molecule has 4 aromatic rings. The fourth-order valence-electron chi connectivity index (χ4n) is 2.16. The summed E-state index contributed by atoms with van der Waals surface area (Å²) in [5.41, 5.74) is 0. The number of benzene rings is 1. The Kier molecular flexibility index (Phi) is 4.52. The summed E-state index contributed by atoms with van der Waals surface area (Å²) >= 11 is 1.58. The average Bonchev–Trinajstić information content (AvgIpc) is 3.34. The van der Waals surface area contributed by atoms with Crippen LogP contribution in [0.15, 0.2) is 54.0 Å². The molecule has 0 radical (unpaired) electrons. The van der Waals surface area contributed by atoms with Crippen molar-refractivity contribution in [3.8, 4) is 22.3 Å². The Morgan fingerprint density at radius 3 is 2.81 bits per heavy atom. The van der Waals surface area contributed by atoms with Crippen LogP contribution in [0, 0.1) is 5.82 Å². The molecule has 0 spiro atoms. The predicted octanol–water partition coefficient (Wildman–Crippen LogP) is 3.87. The van der Waals surface area contributed by atoms with Gasteiger partial charge in [0.25, 0.3) is 0 Å². The second kappa shape index (κ2) is 7.28. The minimum atomic E-state index is -0.323. The van der Waals surface area contributed by atoms with Gasteiger partial charge in [0, 0.05) is 12.3 Å². The van der Waals surface area contributed by atoms with Gasteiger partial charge < -0.3 is 10.1 Å². The van der Waals surface area contributed by atoms with Crippen molar-refractivity contribution in [2.75, 3.05) is 5.32 Å². The lowest BCUT2D eigenvalue weighted by Crippen LogP contribution is -2.05. The van der Waals surface area contributed by atoms with Crippen LogP contribution in [0.5, 0.6) is 11.6 Å². The van der Waals surface area contributed by atoms with Crippen LogP contribution in [0.3, 0.4) is 0 Å². The van der Waals surface area contributed by atoms with Crippen LogP contribution in [0.4, 0.5) is 10.3 Å². The summed E-state index contributed by atoms with van der Waals surface area (Å²) in [6.07, 6.45) is 1.58. The lowest BCUT2D eigenvalue weighted by atomic mass is 10.3. The maximum atomic E-state index is 12.9. The first-order valence-corrected chi connectivity index (χ1v) is 8.60. The summed E-state index contributed by atoms with van der Waals surface area (Å²) < 4.78 is 18.5. The molecule has 3 aromatic heterocycles. The van der Waals surface area contributed by atoms with Crippen molar-refractivity contribution < 1.29 is 9.13 Å². The first-order chi connectivity index (χ1) is 12.8. The third-order valence-corrected chi connectivity index (χ3v) is 4.22. The van der Waals surface area contributed by atoms with E-state index < -0.39 is 0 Å². The molecule has 0 unspecified atom stereocenters. The van der Waals surface area contributed by atoms with E-state index in [9.17, 15) is 4.39 Å². The molecule has 1 aromatic carbocycles. The third-order valence-electron chi connectivity index (χ3n) is 3.35. The standard InChI is InChI=1S/C17H13FN6OS/c18-11-3-5-12(6-4-11)25-15-7-8-19-17(22-15)20-10-14-21-16(24-23-14)13-2-1-9-26-13/h1-9H,10H2,(H,19,20,22)(H,21,23,24). The molecule has 0 aliphatic heterocycles. The minimum Gasteiger partial charge on any atom is -0.439 e. The van der Waals surface area contributed by atoms with E-state index in [4.69, 9.17) is 4.74 Å². The summed E-state index contributed by atoms with van der Waals surface area (Å²) in [6.45, 7) is 0.387. The topological polar surface area (TPSA) is 88.6 Å². The maximum absolute atomic E-state index is 12.9. The molecule has 0 bridgehead atoms. The van der Waals surface area contributed by atoms with Gasteiger partial charge in [-0.1, -0.05) is 6.07 Å². The first-order valence-electron chi connectivity index (χ1n) is 7.72. The Hall–Kier alpha value is -3.33. The monoisotopic (exact) mass is 368 g/mol. The van der Waals surface area contributed by atoms with Crippen LogP contribution < -0.4 is 10.1 Å². The molecular weight excluding hydrogens is 355 g/mol. The summed E-state index contributed by atoms with van der Waals surface area (Å²) in [7, 11) is 0. The van der Waals surface area contributed by atoms with Crippen molar-refractivity contribution in [3.63, 3.8) is 0 Å². The van der Waals surface area contributed by atoms with Crippen molar-refractivity contribution >= 4 is 17.3 Å². The molecule has 2 N–H and O–H groups in total. The van der Waals surface area contributed by atoms with Crippen LogP contribution in [0.25, 0.3) is 10.7 Å². The van der Waals surface area contributed by atoms with Gasteiger partial charge in [0.15, 0.2) is 5.82 Å². The fourth-order valence-corrected chi connectivity index (χ4v) is 2.82. The lowest BCUT2D eigenvalue weighted by molar-refractivity contribution is 0.460. The molecule has 0 amide bonds. The molecule has 3 heterocycles. The van der Waals surface area contributed by atoms with Gasteiger partial charge in [0.1, 0.15) is 17.4 Å². The Morgan fingerprint density at radius 2 is 2.00 bits per heavy atom. The van der Waals surface area contributed by atoms with Gasteiger partial charge in [-0.25, -0.2) is 14.4 Å². The Balaban J connectivity index is 1.40. The molecule has 26 heavy (non-hydrogen) atoms. The van der Waals surface area contributed by atoms with Crippen LogP contribution >= 0.6 is 11.3 Å². The number of anilines is 1. The molecule has 7 nitrogen and oxygen atoms in total. The highest BCUT2D eigenvalue weighted by Gasteiger charge is 2.08. The smallest absolute Gasteiger partial charge is 0.226 e. The van der Waals surface area contributed by atoms with E-state index in [0.29, 0.717) is 35.8 Å². The number of hydrogen-bond donors (Lipinski definition) is 2. The Morgan fingerprint density at radius 1 is 1.12 bits per heavy atom. The number of halogens is 1.